The van der Waals surface area contributed by atoms with Crippen LogP contribution in [0.25, 0.3) is 16.9 Å². The van der Waals surface area contributed by atoms with E-state index in [0.717, 1.165) is 32.6 Å². The van der Waals surface area contributed by atoms with Gasteiger partial charge in [0.25, 0.3) is 0 Å². The first-order valence-electron chi connectivity index (χ1n) is 5.93. The third-order valence-electron chi connectivity index (χ3n) is 3.23. The van der Waals surface area contributed by atoms with Crippen LogP contribution in [0.15, 0.2) is 22.7 Å². The highest BCUT2D eigenvalue weighted by Crippen LogP contribution is 2.27. The predicted octanol–water partition coefficient (Wildman–Crippen LogP) is 2.72. The molecule has 19 heavy (non-hydrogen) atoms. The Kier molecular flexibility index (Phi) is 2.63. The van der Waals surface area contributed by atoms with Crippen molar-refractivity contribution in [3.63, 3.8) is 0 Å². The summed E-state index contributed by atoms with van der Waals surface area (Å²) >= 11 is 3.47. The van der Waals surface area contributed by atoms with Gasteiger partial charge >= 0.3 is 0 Å². The lowest BCUT2D eigenvalue weighted by Crippen LogP contribution is -2.06. The monoisotopic (exact) mass is 319 g/mol. The molecule has 2 N–H and O–H groups in total. The summed E-state index contributed by atoms with van der Waals surface area (Å²) in [6.07, 6.45) is 0. The summed E-state index contributed by atoms with van der Waals surface area (Å²) in [6, 6.07) is 6.08. The summed E-state index contributed by atoms with van der Waals surface area (Å²) in [5.41, 5.74) is 10.9. The molecule has 3 rings (SSSR count). The Labute approximate surface area is 119 Å². The molecule has 2 heterocycles. The van der Waals surface area contributed by atoms with Crippen molar-refractivity contribution in [2.24, 2.45) is 7.05 Å². The fraction of sp³-hybridized carbons (Fsp3) is 0.231. The summed E-state index contributed by atoms with van der Waals surface area (Å²) in [5.74, 6) is 0.483. The highest BCUT2D eigenvalue weighted by Gasteiger charge is 2.17. The molecule has 0 aliphatic rings. The molecule has 2 aromatic heterocycles. The Morgan fingerprint density at radius 3 is 2.68 bits per heavy atom. The van der Waals surface area contributed by atoms with Crippen LogP contribution in [0.1, 0.15) is 11.3 Å². The molecule has 0 atom stereocenters. The second-order valence-corrected chi connectivity index (χ2v) is 5.53. The number of aryl methyl sites for hydroxylation is 3. The third-order valence-corrected chi connectivity index (χ3v) is 3.72. The van der Waals surface area contributed by atoms with Gasteiger partial charge in [-0.05, 0) is 37.6 Å². The second kappa shape index (κ2) is 4.09. The zero-order valence-electron chi connectivity index (χ0n) is 11.0. The van der Waals surface area contributed by atoms with E-state index < -0.39 is 0 Å². The maximum atomic E-state index is 6.07. The number of nitrogen functional groups attached to an aromatic ring is 1. The van der Waals surface area contributed by atoms with E-state index in [1.54, 1.807) is 0 Å². The van der Waals surface area contributed by atoms with Crippen LogP contribution in [0.2, 0.25) is 0 Å². The van der Waals surface area contributed by atoms with Gasteiger partial charge in [-0.2, -0.15) is 5.10 Å². The average molecular weight is 320 g/mol. The van der Waals surface area contributed by atoms with Gasteiger partial charge < -0.3 is 5.73 Å². The van der Waals surface area contributed by atoms with Crippen LogP contribution >= 0.6 is 15.9 Å². The number of aromatic nitrogens is 4. The van der Waals surface area contributed by atoms with Crippen LogP contribution in [-0.2, 0) is 7.05 Å². The lowest BCUT2D eigenvalue weighted by atomic mass is 10.2. The molecular weight excluding hydrogens is 306 g/mol. The second-order valence-electron chi connectivity index (χ2n) is 4.62. The number of nitrogens with zero attached hydrogens (tertiary/aromatic N) is 4. The third kappa shape index (κ3) is 1.74. The van der Waals surface area contributed by atoms with E-state index >= 15 is 0 Å². The Balaban J connectivity index is 2.38. The van der Waals surface area contributed by atoms with Crippen molar-refractivity contribution in [3.8, 4) is 5.69 Å². The van der Waals surface area contributed by atoms with Gasteiger partial charge in [0.05, 0.1) is 11.4 Å². The number of fused-ring (bicyclic) bond motifs is 1. The largest absolute Gasteiger partial charge is 0.369 e. The van der Waals surface area contributed by atoms with E-state index in [1.165, 1.54) is 0 Å². The van der Waals surface area contributed by atoms with Gasteiger partial charge in [-0.1, -0.05) is 15.9 Å². The Hall–Kier alpha value is -1.82. The summed E-state index contributed by atoms with van der Waals surface area (Å²) < 4.78 is 4.80. The molecule has 0 fully saturated rings. The van der Waals surface area contributed by atoms with Gasteiger partial charge in [-0.25, -0.2) is 9.67 Å². The fourth-order valence-electron chi connectivity index (χ4n) is 2.40. The number of hydrogen-bond donors (Lipinski definition) is 1. The minimum atomic E-state index is 0.483. The van der Waals surface area contributed by atoms with E-state index in [2.05, 4.69) is 39.0 Å². The summed E-state index contributed by atoms with van der Waals surface area (Å²) in [4.78, 5) is 4.42. The average Bonchev–Trinajstić information content (AvgIpc) is 2.79. The van der Waals surface area contributed by atoms with Crippen LogP contribution < -0.4 is 5.73 Å². The number of anilines is 1. The maximum Gasteiger partial charge on any atom is 0.207 e. The van der Waals surface area contributed by atoms with Gasteiger partial charge in [-0.15, -0.1) is 0 Å². The molecule has 0 radical (unpaired) electrons. The summed E-state index contributed by atoms with van der Waals surface area (Å²) in [6.45, 7) is 3.99. The molecule has 0 amide bonds. The van der Waals surface area contributed by atoms with Gasteiger partial charge in [0.15, 0.2) is 5.65 Å². The van der Waals surface area contributed by atoms with Crippen LogP contribution in [0.3, 0.4) is 0 Å². The zero-order valence-corrected chi connectivity index (χ0v) is 12.6. The molecular formula is C13H14BrN5. The van der Waals surface area contributed by atoms with Crippen LogP contribution in [0, 0.1) is 13.8 Å². The minimum Gasteiger partial charge on any atom is -0.369 e. The van der Waals surface area contributed by atoms with Crippen LogP contribution in [0.5, 0.6) is 0 Å². The number of halogens is 1. The number of nitrogens with two attached hydrogens (primary N) is 1. The normalized spacial score (nSPS) is 11.4. The molecule has 3 aromatic rings. The highest BCUT2D eigenvalue weighted by molar-refractivity contribution is 9.10. The molecule has 0 aliphatic heterocycles. The Morgan fingerprint density at radius 2 is 2.00 bits per heavy atom. The lowest BCUT2D eigenvalue weighted by molar-refractivity contribution is 0.762. The van der Waals surface area contributed by atoms with Crippen molar-refractivity contribution >= 4 is 33.0 Å². The quantitative estimate of drug-likeness (QED) is 0.750. The molecule has 0 unspecified atom stereocenters. The lowest BCUT2D eigenvalue weighted by Gasteiger charge is -2.10. The SMILES string of the molecule is Cc1cc(Br)ccc1-n1c(N)nc2c(C)nn(C)c21. The van der Waals surface area contributed by atoms with Crippen molar-refractivity contribution in [2.75, 3.05) is 5.73 Å². The van der Waals surface area contributed by atoms with Crippen molar-refractivity contribution in [1.82, 2.24) is 19.3 Å². The first kappa shape index (κ1) is 12.2. The molecule has 6 heteroatoms. The first-order chi connectivity index (χ1) is 8.99. The molecule has 98 valence electrons. The molecule has 0 saturated carbocycles. The van der Waals surface area contributed by atoms with E-state index in [4.69, 9.17) is 5.73 Å². The number of rotatable bonds is 1. The van der Waals surface area contributed by atoms with Gasteiger partial charge in [0.2, 0.25) is 5.95 Å². The van der Waals surface area contributed by atoms with E-state index in [1.807, 2.05) is 35.4 Å². The van der Waals surface area contributed by atoms with Gasteiger partial charge in [-0.3, -0.25) is 4.57 Å². The predicted molar refractivity (Wildman–Crippen MR) is 79.4 cm³/mol. The molecule has 0 spiro atoms. The van der Waals surface area contributed by atoms with Crippen molar-refractivity contribution < 1.29 is 0 Å². The minimum absolute atomic E-state index is 0.483. The topological polar surface area (TPSA) is 61.7 Å². The zero-order chi connectivity index (χ0) is 13.7. The molecule has 0 bridgehead atoms. The number of imidazole rings is 1. The number of hydrogen-bond acceptors (Lipinski definition) is 3. The van der Waals surface area contributed by atoms with E-state index in [-0.39, 0.29) is 0 Å². The maximum absolute atomic E-state index is 6.07. The van der Waals surface area contributed by atoms with Gasteiger partial charge in [0.1, 0.15) is 5.52 Å². The van der Waals surface area contributed by atoms with Crippen LogP contribution in [-0.4, -0.2) is 19.3 Å². The Morgan fingerprint density at radius 1 is 1.26 bits per heavy atom. The van der Waals surface area contributed by atoms with Crippen molar-refractivity contribution in [1.29, 1.82) is 0 Å². The fourth-order valence-corrected chi connectivity index (χ4v) is 2.87. The van der Waals surface area contributed by atoms with Crippen molar-refractivity contribution in [2.45, 2.75) is 13.8 Å². The van der Waals surface area contributed by atoms with Crippen molar-refractivity contribution in [3.05, 3.63) is 33.9 Å². The molecule has 0 aliphatic carbocycles. The smallest absolute Gasteiger partial charge is 0.207 e. The Bertz CT molecular complexity index is 784. The molecule has 0 saturated heterocycles. The summed E-state index contributed by atoms with van der Waals surface area (Å²) in [5, 5.41) is 4.39. The first-order valence-corrected chi connectivity index (χ1v) is 6.72. The van der Waals surface area contributed by atoms with E-state index in [9.17, 15) is 0 Å². The summed E-state index contributed by atoms with van der Waals surface area (Å²) in [7, 11) is 1.90. The number of benzene rings is 1. The van der Waals surface area contributed by atoms with E-state index in [0.29, 0.717) is 5.95 Å². The molecule has 1 aromatic carbocycles. The van der Waals surface area contributed by atoms with Gasteiger partial charge in [0, 0.05) is 11.5 Å². The van der Waals surface area contributed by atoms with Crippen LogP contribution in [0.4, 0.5) is 5.95 Å². The molecule has 5 nitrogen and oxygen atoms in total. The highest BCUT2D eigenvalue weighted by atomic mass is 79.9. The standard InChI is InChI=1S/C13H14BrN5/c1-7-6-9(14)4-5-10(7)19-12-11(16-13(19)15)8(2)17-18(12)3/h4-6H,1-3H3,(H2,15,16).